The highest BCUT2D eigenvalue weighted by atomic mass is 16.5. The monoisotopic (exact) mass is 259 g/mol. The number of aromatic nitrogens is 2. The lowest BCUT2D eigenvalue weighted by Crippen LogP contribution is -2.51. The van der Waals surface area contributed by atoms with Crippen LogP contribution in [0.5, 0.6) is 0 Å². The fraction of sp³-hybridized carbons (Fsp3) is 0.733. The van der Waals surface area contributed by atoms with Crippen molar-refractivity contribution in [2.75, 3.05) is 5.73 Å². The van der Waals surface area contributed by atoms with Crippen LogP contribution in [0.25, 0.3) is 0 Å². The minimum Gasteiger partial charge on any atom is -0.396 e. The molecule has 4 nitrogen and oxygen atoms in total. The highest BCUT2D eigenvalue weighted by Gasteiger charge is 2.51. The maximum atomic E-state index is 6.30. The van der Waals surface area contributed by atoms with Gasteiger partial charge in [0.15, 0.2) is 5.82 Å². The summed E-state index contributed by atoms with van der Waals surface area (Å²) in [5, 5.41) is 0. The molecule has 102 valence electrons. The van der Waals surface area contributed by atoms with E-state index in [2.05, 4.69) is 9.97 Å². The van der Waals surface area contributed by atoms with Crippen molar-refractivity contribution in [1.82, 2.24) is 9.97 Å². The van der Waals surface area contributed by atoms with Crippen LogP contribution in [0.3, 0.4) is 0 Å². The molecule has 0 spiro atoms. The first-order chi connectivity index (χ1) is 9.21. The third kappa shape index (κ3) is 2.12. The van der Waals surface area contributed by atoms with Gasteiger partial charge in [-0.1, -0.05) is 0 Å². The molecule has 4 saturated carbocycles. The number of hydrogen-bond acceptors (Lipinski definition) is 4. The van der Waals surface area contributed by atoms with E-state index in [4.69, 9.17) is 10.5 Å². The second kappa shape index (κ2) is 4.17. The van der Waals surface area contributed by atoms with Crippen molar-refractivity contribution in [2.45, 2.75) is 50.7 Å². The molecule has 1 aromatic rings. The summed E-state index contributed by atoms with van der Waals surface area (Å²) >= 11 is 0. The Morgan fingerprint density at radius 2 is 1.58 bits per heavy atom. The van der Waals surface area contributed by atoms with Crippen LogP contribution in [-0.2, 0) is 11.3 Å². The normalized spacial score (nSPS) is 39.7. The molecule has 4 heteroatoms. The summed E-state index contributed by atoms with van der Waals surface area (Å²) in [6.45, 7) is 0.534. The lowest BCUT2D eigenvalue weighted by Gasteiger charge is -2.56. The van der Waals surface area contributed by atoms with Gasteiger partial charge in [0.1, 0.15) is 6.61 Å². The van der Waals surface area contributed by atoms with Gasteiger partial charge < -0.3 is 10.5 Å². The summed E-state index contributed by atoms with van der Waals surface area (Å²) in [6.07, 6.45) is 11.4. The molecular formula is C15H21N3O. The Bertz CT molecular complexity index is 435. The quantitative estimate of drug-likeness (QED) is 0.906. The first-order valence-electron chi connectivity index (χ1n) is 7.41. The van der Waals surface area contributed by atoms with Gasteiger partial charge in [0.25, 0.3) is 0 Å². The minimum atomic E-state index is 0.138. The molecule has 0 aliphatic heterocycles. The van der Waals surface area contributed by atoms with Crippen LogP contribution in [0.4, 0.5) is 5.69 Å². The lowest BCUT2D eigenvalue weighted by molar-refractivity contribution is -0.170. The van der Waals surface area contributed by atoms with Crippen LogP contribution < -0.4 is 5.73 Å². The first kappa shape index (κ1) is 11.6. The third-order valence-corrected chi connectivity index (χ3v) is 5.21. The lowest BCUT2D eigenvalue weighted by atomic mass is 9.54. The van der Waals surface area contributed by atoms with Gasteiger partial charge in [0.05, 0.1) is 23.7 Å². The zero-order valence-corrected chi connectivity index (χ0v) is 11.2. The van der Waals surface area contributed by atoms with Crippen molar-refractivity contribution in [1.29, 1.82) is 0 Å². The van der Waals surface area contributed by atoms with Gasteiger partial charge in [-0.3, -0.25) is 0 Å². The predicted molar refractivity (Wildman–Crippen MR) is 72.1 cm³/mol. The number of rotatable bonds is 3. The number of nitrogens with zero attached hydrogens (tertiary/aromatic N) is 2. The Kier molecular flexibility index (Phi) is 2.56. The van der Waals surface area contributed by atoms with Crippen LogP contribution in [0.1, 0.15) is 44.3 Å². The number of ether oxygens (including phenoxy) is 1. The molecule has 4 fully saturated rings. The van der Waals surface area contributed by atoms with E-state index in [0.717, 1.165) is 23.6 Å². The maximum absolute atomic E-state index is 6.30. The molecule has 4 aliphatic rings. The smallest absolute Gasteiger partial charge is 0.154 e. The molecule has 0 radical (unpaired) electrons. The van der Waals surface area contributed by atoms with Gasteiger partial charge >= 0.3 is 0 Å². The standard InChI is InChI=1S/C15H21N3O/c16-13-7-17-14(18-8-13)9-19-15-4-10-1-11(5-15)3-12(2-10)6-15/h7-8,10-12H,1-6,9,16H2. The van der Waals surface area contributed by atoms with E-state index < -0.39 is 0 Å². The molecule has 1 aromatic heterocycles. The number of nitrogen functional groups attached to an aromatic ring is 1. The van der Waals surface area contributed by atoms with E-state index >= 15 is 0 Å². The van der Waals surface area contributed by atoms with Crippen LogP contribution in [-0.4, -0.2) is 15.6 Å². The van der Waals surface area contributed by atoms with E-state index in [1.165, 1.54) is 38.5 Å². The highest BCUT2D eigenvalue weighted by molar-refractivity contribution is 5.29. The van der Waals surface area contributed by atoms with Gasteiger partial charge in [0, 0.05) is 0 Å². The molecule has 5 rings (SSSR count). The molecule has 0 amide bonds. The van der Waals surface area contributed by atoms with Crippen molar-refractivity contribution in [2.24, 2.45) is 17.8 Å². The second-order valence-corrected chi connectivity index (χ2v) is 6.82. The molecule has 0 aromatic carbocycles. The number of nitrogens with two attached hydrogens (primary N) is 1. The summed E-state index contributed by atoms with van der Waals surface area (Å²) in [6, 6.07) is 0. The van der Waals surface area contributed by atoms with E-state index in [1.54, 1.807) is 12.4 Å². The Morgan fingerprint density at radius 1 is 1.05 bits per heavy atom. The van der Waals surface area contributed by atoms with Gasteiger partial charge in [-0.2, -0.15) is 0 Å². The molecular weight excluding hydrogens is 238 g/mol. The van der Waals surface area contributed by atoms with Crippen molar-refractivity contribution in [3.63, 3.8) is 0 Å². The molecule has 1 heterocycles. The molecule has 0 unspecified atom stereocenters. The zero-order valence-electron chi connectivity index (χ0n) is 11.2. The van der Waals surface area contributed by atoms with Gasteiger partial charge in [0.2, 0.25) is 0 Å². The molecule has 2 N–H and O–H groups in total. The molecule has 4 bridgehead atoms. The zero-order chi connectivity index (χ0) is 12.9. The molecule has 19 heavy (non-hydrogen) atoms. The number of anilines is 1. The summed E-state index contributed by atoms with van der Waals surface area (Å²) in [7, 11) is 0. The fourth-order valence-electron chi connectivity index (χ4n) is 4.86. The van der Waals surface area contributed by atoms with E-state index in [-0.39, 0.29) is 5.60 Å². The summed E-state index contributed by atoms with van der Waals surface area (Å²) in [4.78, 5) is 8.47. The molecule has 0 atom stereocenters. The topological polar surface area (TPSA) is 61.0 Å². The SMILES string of the molecule is Nc1cnc(COC23CC4CC(CC(C4)C2)C3)nc1. The Balaban J connectivity index is 1.46. The van der Waals surface area contributed by atoms with Crippen molar-refractivity contribution >= 4 is 5.69 Å². The third-order valence-electron chi connectivity index (χ3n) is 5.21. The Labute approximate surface area is 113 Å². The highest BCUT2D eigenvalue weighted by Crippen LogP contribution is 2.57. The van der Waals surface area contributed by atoms with E-state index in [0.29, 0.717) is 12.3 Å². The van der Waals surface area contributed by atoms with Gasteiger partial charge in [-0.15, -0.1) is 0 Å². The summed E-state index contributed by atoms with van der Waals surface area (Å²) in [5.74, 6) is 3.50. The van der Waals surface area contributed by atoms with Gasteiger partial charge in [-0.25, -0.2) is 9.97 Å². The second-order valence-electron chi connectivity index (χ2n) is 6.82. The maximum Gasteiger partial charge on any atom is 0.154 e. The average Bonchev–Trinajstić information content (AvgIpc) is 2.36. The predicted octanol–water partition coefficient (Wildman–Crippen LogP) is 2.54. The average molecular weight is 259 g/mol. The van der Waals surface area contributed by atoms with Crippen LogP contribution in [0, 0.1) is 17.8 Å². The first-order valence-corrected chi connectivity index (χ1v) is 7.41. The molecule has 4 aliphatic carbocycles. The molecule has 0 saturated heterocycles. The fourth-order valence-corrected chi connectivity index (χ4v) is 4.86. The van der Waals surface area contributed by atoms with Crippen LogP contribution in [0.15, 0.2) is 12.4 Å². The van der Waals surface area contributed by atoms with Crippen molar-refractivity contribution in [3.05, 3.63) is 18.2 Å². The van der Waals surface area contributed by atoms with Crippen LogP contribution in [0.2, 0.25) is 0 Å². The van der Waals surface area contributed by atoms with Gasteiger partial charge in [-0.05, 0) is 56.3 Å². The Morgan fingerprint density at radius 3 is 2.11 bits per heavy atom. The van der Waals surface area contributed by atoms with Crippen molar-refractivity contribution < 1.29 is 4.74 Å². The minimum absolute atomic E-state index is 0.138. The summed E-state index contributed by atoms with van der Waals surface area (Å²) < 4.78 is 6.30. The van der Waals surface area contributed by atoms with E-state index in [9.17, 15) is 0 Å². The Hall–Kier alpha value is -1.16. The number of hydrogen-bond donors (Lipinski definition) is 1. The van der Waals surface area contributed by atoms with Crippen molar-refractivity contribution in [3.8, 4) is 0 Å². The van der Waals surface area contributed by atoms with E-state index in [1.807, 2.05) is 0 Å². The van der Waals surface area contributed by atoms with Crippen LogP contribution >= 0.6 is 0 Å². The largest absolute Gasteiger partial charge is 0.396 e. The summed E-state index contributed by atoms with van der Waals surface area (Å²) in [5.41, 5.74) is 6.35.